The molecule has 1 nitrogen and oxygen atoms in total. The molecule has 2 atom stereocenters. The normalized spacial score (nSPS) is 28.2. The Morgan fingerprint density at radius 3 is 2.81 bits per heavy atom. The second-order valence-corrected chi connectivity index (χ2v) is 5.25. The zero-order chi connectivity index (χ0) is 11.9. The van der Waals surface area contributed by atoms with Gasteiger partial charge in [-0.15, -0.1) is 0 Å². The predicted molar refractivity (Wildman–Crippen MR) is 62.9 cm³/mol. The van der Waals surface area contributed by atoms with Gasteiger partial charge in [0, 0.05) is 5.54 Å². The highest BCUT2D eigenvalue weighted by atomic mass is 79.9. The summed E-state index contributed by atoms with van der Waals surface area (Å²) in [7, 11) is 0. The van der Waals surface area contributed by atoms with Crippen molar-refractivity contribution in [3.63, 3.8) is 0 Å². The van der Waals surface area contributed by atoms with Crippen molar-refractivity contribution in [1.82, 2.24) is 0 Å². The smallest absolute Gasteiger partial charge is 0.173 e. The van der Waals surface area contributed by atoms with Crippen LogP contribution >= 0.6 is 15.9 Å². The molecule has 0 spiro atoms. The van der Waals surface area contributed by atoms with E-state index in [9.17, 15) is 8.78 Å². The van der Waals surface area contributed by atoms with Gasteiger partial charge in [-0.1, -0.05) is 19.4 Å². The first-order valence-corrected chi connectivity index (χ1v) is 6.23. The SMILES string of the molecule is CCCC1CC1(N)c1ccc(F)c(F)c1Br. The lowest BCUT2D eigenvalue weighted by Crippen LogP contribution is -2.23. The van der Waals surface area contributed by atoms with Gasteiger partial charge in [0.2, 0.25) is 0 Å². The molecule has 0 aliphatic heterocycles. The Morgan fingerprint density at radius 1 is 1.50 bits per heavy atom. The summed E-state index contributed by atoms with van der Waals surface area (Å²) in [6.07, 6.45) is 2.94. The molecule has 1 aromatic rings. The fourth-order valence-corrected chi connectivity index (χ4v) is 2.96. The lowest BCUT2D eigenvalue weighted by molar-refractivity contribution is 0.495. The molecule has 0 heterocycles. The zero-order valence-corrected chi connectivity index (χ0v) is 10.7. The highest BCUT2D eigenvalue weighted by Gasteiger charge is 2.52. The van der Waals surface area contributed by atoms with E-state index in [-0.39, 0.29) is 4.47 Å². The van der Waals surface area contributed by atoms with Crippen molar-refractivity contribution >= 4 is 15.9 Å². The van der Waals surface area contributed by atoms with Gasteiger partial charge in [-0.2, -0.15) is 0 Å². The van der Waals surface area contributed by atoms with Crippen molar-refractivity contribution in [3.8, 4) is 0 Å². The molecule has 0 bridgehead atoms. The summed E-state index contributed by atoms with van der Waals surface area (Å²) < 4.78 is 26.5. The van der Waals surface area contributed by atoms with E-state index in [1.54, 1.807) is 6.07 Å². The van der Waals surface area contributed by atoms with E-state index in [4.69, 9.17) is 5.73 Å². The standard InChI is InChI=1S/C12H14BrF2N/c1-2-3-7-6-12(7,16)8-4-5-9(14)11(15)10(8)13/h4-5,7H,2-3,6,16H2,1H3. The Hall–Kier alpha value is -0.480. The number of hydrogen-bond donors (Lipinski definition) is 1. The van der Waals surface area contributed by atoms with Crippen LogP contribution in [0.1, 0.15) is 31.7 Å². The highest BCUT2D eigenvalue weighted by Crippen LogP contribution is 2.54. The highest BCUT2D eigenvalue weighted by molar-refractivity contribution is 9.10. The maximum absolute atomic E-state index is 13.4. The monoisotopic (exact) mass is 289 g/mol. The van der Waals surface area contributed by atoms with Gasteiger partial charge in [0.05, 0.1) is 4.47 Å². The first-order chi connectivity index (χ1) is 7.50. The first-order valence-electron chi connectivity index (χ1n) is 5.43. The zero-order valence-electron chi connectivity index (χ0n) is 9.06. The molecular formula is C12H14BrF2N. The third kappa shape index (κ3) is 1.78. The van der Waals surface area contributed by atoms with Gasteiger partial charge in [0.1, 0.15) is 0 Å². The third-order valence-electron chi connectivity index (χ3n) is 3.33. The maximum Gasteiger partial charge on any atom is 0.173 e. The fourth-order valence-electron chi connectivity index (χ4n) is 2.27. The van der Waals surface area contributed by atoms with Gasteiger partial charge >= 0.3 is 0 Å². The summed E-state index contributed by atoms with van der Waals surface area (Å²) in [4.78, 5) is 0. The fraction of sp³-hybridized carbons (Fsp3) is 0.500. The molecule has 1 aromatic carbocycles. The van der Waals surface area contributed by atoms with Gasteiger partial charge in [-0.05, 0) is 46.3 Å². The lowest BCUT2D eigenvalue weighted by atomic mass is 10.0. The first kappa shape index (κ1) is 12.0. The molecule has 4 heteroatoms. The van der Waals surface area contributed by atoms with Crippen molar-refractivity contribution in [2.24, 2.45) is 11.7 Å². The molecule has 16 heavy (non-hydrogen) atoms. The average Bonchev–Trinajstić information content (AvgIpc) is 2.87. The lowest BCUT2D eigenvalue weighted by Gasteiger charge is -2.14. The van der Waals surface area contributed by atoms with Crippen molar-refractivity contribution in [1.29, 1.82) is 0 Å². The summed E-state index contributed by atoms with van der Waals surface area (Å²) in [5.74, 6) is -1.30. The van der Waals surface area contributed by atoms with Gasteiger partial charge in [0.15, 0.2) is 11.6 Å². The molecule has 2 rings (SSSR count). The Morgan fingerprint density at radius 2 is 2.19 bits per heavy atom. The van der Waals surface area contributed by atoms with E-state index in [0.29, 0.717) is 11.5 Å². The molecule has 0 aromatic heterocycles. The van der Waals surface area contributed by atoms with E-state index in [0.717, 1.165) is 25.3 Å². The number of benzene rings is 1. The molecule has 1 aliphatic carbocycles. The summed E-state index contributed by atoms with van der Waals surface area (Å²) in [6, 6.07) is 2.73. The molecule has 2 N–H and O–H groups in total. The second-order valence-electron chi connectivity index (χ2n) is 4.45. The molecule has 1 fully saturated rings. The van der Waals surface area contributed by atoms with Crippen LogP contribution in [0, 0.1) is 17.6 Å². The Balaban J connectivity index is 2.33. The van der Waals surface area contributed by atoms with Crippen LogP contribution in [0.5, 0.6) is 0 Å². The number of hydrogen-bond acceptors (Lipinski definition) is 1. The molecule has 0 amide bonds. The van der Waals surface area contributed by atoms with Crippen LogP contribution in [0.3, 0.4) is 0 Å². The summed E-state index contributed by atoms with van der Waals surface area (Å²) >= 11 is 3.09. The molecule has 1 saturated carbocycles. The van der Waals surface area contributed by atoms with Crippen LogP contribution in [0.15, 0.2) is 16.6 Å². The van der Waals surface area contributed by atoms with Crippen molar-refractivity contribution < 1.29 is 8.78 Å². The minimum absolute atomic E-state index is 0.175. The van der Waals surface area contributed by atoms with E-state index < -0.39 is 17.2 Å². The van der Waals surface area contributed by atoms with E-state index in [2.05, 4.69) is 22.9 Å². The van der Waals surface area contributed by atoms with E-state index in [1.165, 1.54) is 0 Å². The second kappa shape index (κ2) is 4.08. The van der Waals surface area contributed by atoms with E-state index >= 15 is 0 Å². The minimum Gasteiger partial charge on any atom is -0.321 e. The van der Waals surface area contributed by atoms with Crippen LogP contribution < -0.4 is 5.73 Å². The quantitative estimate of drug-likeness (QED) is 0.844. The van der Waals surface area contributed by atoms with Crippen LogP contribution in [0.4, 0.5) is 8.78 Å². The Bertz CT molecular complexity index is 422. The molecule has 0 radical (unpaired) electrons. The van der Waals surface area contributed by atoms with Gasteiger partial charge in [-0.25, -0.2) is 8.78 Å². The van der Waals surface area contributed by atoms with Crippen molar-refractivity contribution in [2.45, 2.75) is 31.7 Å². The van der Waals surface area contributed by atoms with Crippen molar-refractivity contribution in [2.75, 3.05) is 0 Å². The third-order valence-corrected chi connectivity index (χ3v) is 4.10. The van der Waals surface area contributed by atoms with Crippen LogP contribution in [0.25, 0.3) is 0 Å². The van der Waals surface area contributed by atoms with Crippen LogP contribution in [-0.4, -0.2) is 0 Å². The Labute approximate surface area is 102 Å². The van der Waals surface area contributed by atoms with Crippen molar-refractivity contribution in [3.05, 3.63) is 33.8 Å². The van der Waals surface area contributed by atoms with Crippen LogP contribution in [-0.2, 0) is 5.54 Å². The number of halogens is 3. The molecule has 88 valence electrons. The van der Waals surface area contributed by atoms with Crippen LogP contribution in [0.2, 0.25) is 0 Å². The summed E-state index contributed by atoms with van der Waals surface area (Å²) in [5, 5.41) is 0. The van der Waals surface area contributed by atoms with Gasteiger partial charge < -0.3 is 5.73 Å². The molecular weight excluding hydrogens is 276 g/mol. The Kier molecular flexibility index (Phi) is 3.05. The van der Waals surface area contributed by atoms with Gasteiger partial charge in [0.25, 0.3) is 0 Å². The minimum atomic E-state index is -0.843. The predicted octanol–water partition coefficient (Wildman–Crippen LogP) is 3.70. The molecule has 0 saturated heterocycles. The summed E-state index contributed by atoms with van der Waals surface area (Å²) in [6.45, 7) is 2.10. The maximum atomic E-state index is 13.4. The van der Waals surface area contributed by atoms with E-state index in [1.807, 2.05) is 0 Å². The number of nitrogens with two attached hydrogens (primary N) is 1. The number of rotatable bonds is 3. The average molecular weight is 290 g/mol. The molecule has 2 unspecified atom stereocenters. The topological polar surface area (TPSA) is 26.0 Å². The molecule has 1 aliphatic rings. The summed E-state index contributed by atoms with van der Waals surface area (Å²) in [5.41, 5.74) is 6.42. The van der Waals surface area contributed by atoms with Gasteiger partial charge in [-0.3, -0.25) is 0 Å². The largest absolute Gasteiger partial charge is 0.321 e.